The molecule has 0 saturated carbocycles. The van der Waals surface area contributed by atoms with Gasteiger partial charge in [0.1, 0.15) is 0 Å². The molecule has 4 nitrogen and oxygen atoms in total. The maximum atomic E-state index is 5.62. The molecule has 0 bridgehead atoms. The SMILES string of the molecule is CC(C)(C)c1noc(/C=C/c2ccc(N)cc2)n1. The highest BCUT2D eigenvalue weighted by Crippen LogP contribution is 2.19. The van der Waals surface area contributed by atoms with Crippen LogP contribution in [0.15, 0.2) is 28.8 Å². The van der Waals surface area contributed by atoms with E-state index in [2.05, 4.69) is 10.1 Å². The van der Waals surface area contributed by atoms with Crippen LogP contribution < -0.4 is 5.73 Å². The van der Waals surface area contributed by atoms with E-state index in [1.165, 1.54) is 0 Å². The summed E-state index contributed by atoms with van der Waals surface area (Å²) in [5.41, 5.74) is 7.31. The molecule has 0 atom stereocenters. The van der Waals surface area contributed by atoms with Crippen molar-refractivity contribution in [3.8, 4) is 0 Å². The predicted octanol–water partition coefficient (Wildman–Crippen LogP) is 3.12. The third kappa shape index (κ3) is 2.97. The molecule has 0 amide bonds. The summed E-state index contributed by atoms with van der Waals surface area (Å²) in [7, 11) is 0. The van der Waals surface area contributed by atoms with Crippen LogP contribution in [0, 0.1) is 0 Å². The number of benzene rings is 1. The number of nitrogens with two attached hydrogens (primary N) is 1. The first kappa shape index (κ1) is 12.4. The fourth-order valence-corrected chi connectivity index (χ4v) is 1.38. The Bertz CT molecular complexity index is 547. The average molecular weight is 243 g/mol. The summed E-state index contributed by atoms with van der Waals surface area (Å²) in [5.74, 6) is 1.22. The Hall–Kier alpha value is -2.10. The molecule has 2 N–H and O–H groups in total. The highest BCUT2D eigenvalue weighted by Gasteiger charge is 2.19. The first-order chi connectivity index (χ1) is 8.45. The van der Waals surface area contributed by atoms with Gasteiger partial charge in [-0.25, -0.2) is 0 Å². The van der Waals surface area contributed by atoms with Crippen molar-refractivity contribution in [3.63, 3.8) is 0 Å². The van der Waals surface area contributed by atoms with Gasteiger partial charge in [-0.05, 0) is 23.8 Å². The second-order valence-corrected chi connectivity index (χ2v) is 5.21. The number of nitrogens with zero attached hydrogens (tertiary/aromatic N) is 2. The van der Waals surface area contributed by atoms with Crippen LogP contribution in [0.3, 0.4) is 0 Å². The van der Waals surface area contributed by atoms with Crippen molar-refractivity contribution in [2.75, 3.05) is 5.73 Å². The van der Waals surface area contributed by atoms with Gasteiger partial charge in [0.05, 0.1) is 0 Å². The molecule has 4 heteroatoms. The van der Waals surface area contributed by atoms with E-state index in [4.69, 9.17) is 10.3 Å². The molecule has 1 aromatic carbocycles. The molecule has 0 radical (unpaired) electrons. The van der Waals surface area contributed by atoms with Crippen LogP contribution in [0.1, 0.15) is 38.0 Å². The van der Waals surface area contributed by atoms with Gasteiger partial charge >= 0.3 is 0 Å². The first-order valence-corrected chi connectivity index (χ1v) is 5.83. The lowest BCUT2D eigenvalue weighted by molar-refractivity contribution is 0.387. The summed E-state index contributed by atoms with van der Waals surface area (Å²) in [6, 6.07) is 7.59. The number of anilines is 1. The second-order valence-electron chi connectivity index (χ2n) is 5.21. The van der Waals surface area contributed by atoms with Crippen LogP contribution in [0.2, 0.25) is 0 Å². The molecule has 0 saturated heterocycles. The molecule has 0 aliphatic rings. The van der Waals surface area contributed by atoms with E-state index < -0.39 is 0 Å². The molecule has 94 valence electrons. The first-order valence-electron chi connectivity index (χ1n) is 5.83. The van der Waals surface area contributed by atoms with Crippen molar-refractivity contribution < 1.29 is 4.52 Å². The summed E-state index contributed by atoms with van der Waals surface area (Å²) in [5, 5.41) is 3.96. The van der Waals surface area contributed by atoms with Crippen LogP contribution in [-0.2, 0) is 5.41 Å². The van der Waals surface area contributed by atoms with E-state index in [0.29, 0.717) is 11.7 Å². The van der Waals surface area contributed by atoms with Gasteiger partial charge in [-0.2, -0.15) is 4.98 Å². The lowest BCUT2D eigenvalue weighted by Crippen LogP contribution is -2.13. The van der Waals surface area contributed by atoms with Crippen molar-refractivity contribution in [1.29, 1.82) is 0 Å². The number of aromatic nitrogens is 2. The molecule has 0 spiro atoms. The molecular formula is C14H17N3O. The standard InChI is InChI=1S/C14H17N3O/c1-14(2,3)13-16-12(18-17-13)9-6-10-4-7-11(15)8-5-10/h4-9H,15H2,1-3H3/b9-6+. The predicted molar refractivity (Wildman–Crippen MR) is 72.8 cm³/mol. The zero-order valence-electron chi connectivity index (χ0n) is 10.8. The summed E-state index contributed by atoms with van der Waals surface area (Å²) < 4.78 is 5.16. The van der Waals surface area contributed by atoms with Crippen molar-refractivity contribution >= 4 is 17.8 Å². The molecule has 0 unspecified atom stereocenters. The summed E-state index contributed by atoms with van der Waals surface area (Å²) in [6.45, 7) is 6.14. The smallest absolute Gasteiger partial charge is 0.250 e. The fourth-order valence-electron chi connectivity index (χ4n) is 1.38. The monoisotopic (exact) mass is 243 g/mol. The van der Waals surface area contributed by atoms with Gasteiger partial charge in [0, 0.05) is 17.2 Å². The highest BCUT2D eigenvalue weighted by molar-refractivity contribution is 5.66. The molecule has 0 aliphatic carbocycles. The maximum absolute atomic E-state index is 5.62. The van der Waals surface area contributed by atoms with Crippen LogP contribution in [0.4, 0.5) is 5.69 Å². The Balaban J connectivity index is 2.14. The largest absolute Gasteiger partial charge is 0.399 e. The number of nitrogen functional groups attached to an aromatic ring is 1. The Morgan fingerprint density at radius 1 is 1.11 bits per heavy atom. The topological polar surface area (TPSA) is 64.9 Å². The molecule has 1 aromatic heterocycles. The van der Waals surface area contributed by atoms with Gasteiger partial charge < -0.3 is 10.3 Å². The van der Waals surface area contributed by atoms with Crippen molar-refractivity contribution in [2.45, 2.75) is 26.2 Å². The molecule has 2 rings (SSSR count). The number of hydrogen-bond acceptors (Lipinski definition) is 4. The summed E-state index contributed by atoms with van der Waals surface area (Å²) >= 11 is 0. The van der Waals surface area contributed by atoms with Gasteiger partial charge in [0.2, 0.25) is 0 Å². The minimum atomic E-state index is -0.100. The van der Waals surface area contributed by atoms with Crippen molar-refractivity contribution in [1.82, 2.24) is 10.1 Å². The van der Waals surface area contributed by atoms with E-state index in [9.17, 15) is 0 Å². The quantitative estimate of drug-likeness (QED) is 0.823. The lowest BCUT2D eigenvalue weighted by atomic mass is 9.96. The lowest BCUT2D eigenvalue weighted by Gasteiger charge is -2.10. The number of rotatable bonds is 2. The zero-order valence-corrected chi connectivity index (χ0v) is 10.8. The summed E-state index contributed by atoms with van der Waals surface area (Å²) in [6.07, 6.45) is 3.72. The van der Waals surface area contributed by atoms with Crippen molar-refractivity contribution in [3.05, 3.63) is 41.5 Å². The Kier molecular flexibility index (Phi) is 3.19. The van der Waals surface area contributed by atoms with Gasteiger partial charge in [0.15, 0.2) is 5.82 Å². The van der Waals surface area contributed by atoms with Crippen molar-refractivity contribution in [2.24, 2.45) is 0 Å². The van der Waals surface area contributed by atoms with E-state index in [-0.39, 0.29) is 5.41 Å². The zero-order chi connectivity index (χ0) is 13.2. The van der Waals surface area contributed by atoms with Crippen LogP contribution in [0.5, 0.6) is 0 Å². The van der Waals surface area contributed by atoms with Gasteiger partial charge in [-0.15, -0.1) is 0 Å². The second kappa shape index (κ2) is 4.64. The van der Waals surface area contributed by atoms with E-state index in [0.717, 1.165) is 11.3 Å². The maximum Gasteiger partial charge on any atom is 0.250 e. The van der Waals surface area contributed by atoms with E-state index >= 15 is 0 Å². The van der Waals surface area contributed by atoms with Crippen LogP contribution in [-0.4, -0.2) is 10.1 Å². The van der Waals surface area contributed by atoms with Crippen LogP contribution in [0.25, 0.3) is 12.2 Å². The molecule has 1 heterocycles. The molecular weight excluding hydrogens is 226 g/mol. The van der Waals surface area contributed by atoms with Crippen LogP contribution >= 0.6 is 0 Å². The third-order valence-corrected chi connectivity index (χ3v) is 2.47. The minimum Gasteiger partial charge on any atom is -0.399 e. The molecule has 0 aliphatic heterocycles. The van der Waals surface area contributed by atoms with E-state index in [1.807, 2.05) is 51.1 Å². The normalized spacial score (nSPS) is 12.2. The summed E-state index contributed by atoms with van der Waals surface area (Å²) in [4.78, 5) is 4.32. The van der Waals surface area contributed by atoms with E-state index in [1.54, 1.807) is 6.08 Å². The average Bonchev–Trinajstić information content (AvgIpc) is 2.77. The molecule has 2 aromatic rings. The van der Waals surface area contributed by atoms with Gasteiger partial charge in [-0.1, -0.05) is 38.1 Å². The highest BCUT2D eigenvalue weighted by atomic mass is 16.5. The van der Waals surface area contributed by atoms with Gasteiger partial charge in [-0.3, -0.25) is 0 Å². The fraction of sp³-hybridized carbons (Fsp3) is 0.286. The Labute approximate surface area is 107 Å². The third-order valence-electron chi connectivity index (χ3n) is 2.47. The Morgan fingerprint density at radius 3 is 2.33 bits per heavy atom. The molecule has 18 heavy (non-hydrogen) atoms. The van der Waals surface area contributed by atoms with Gasteiger partial charge in [0.25, 0.3) is 5.89 Å². The molecule has 0 fully saturated rings. The Morgan fingerprint density at radius 2 is 1.78 bits per heavy atom. The number of hydrogen-bond donors (Lipinski definition) is 1. The minimum absolute atomic E-state index is 0.100.